The Balaban J connectivity index is 2.41. The molecular weight excluding hydrogens is 222 g/mol. The van der Waals surface area contributed by atoms with Crippen LogP contribution in [0.25, 0.3) is 11.0 Å². The minimum atomic E-state index is 0.160. The van der Waals surface area contributed by atoms with Crippen LogP contribution in [0.5, 0.6) is 0 Å². The first kappa shape index (κ1) is 12.9. The van der Waals surface area contributed by atoms with Crippen molar-refractivity contribution in [3.8, 4) is 0 Å². The van der Waals surface area contributed by atoms with Crippen molar-refractivity contribution in [2.75, 3.05) is 6.54 Å². The highest BCUT2D eigenvalue weighted by Crippen LogP contribution is 2.26. The van der Waals surface area contributed by atoms with Crippen molar-refractivity contribution in [3.63, 3.8) is 0 Å². The Kier molecular flexibility index (Phi) is 3.87. The van der Waals surface area contributed by atoms with Gasteiger partial charge in [0.2, 0.25) is 0 Å². The third kappa shape index (κ3) is 2.82. The van der Waals surface area contributed by atoms with Crippen molar-refractivity contribution in [1.29, 1.82) is 0 Å². The number of benzene rings is 1. The van der Waals surface area contributed by atoms with Gasteiger partial charge < -0.3 is 9.73 Å². The Morgan fingerprint density at radius 2 is 2.11 bits per heavy atom. The summed E-state index contributed by atoms with van der Waals surface area (Å²) >= 11 is 0. The minimum Gasteiger partial charge on any atom is -0.459 e. The second kappa shape index (κ2) is 5.40. The molecule has 1 heterocycles. The van der Waals surface area contributed by atoms with E-state index in [4.69, 9.17) is 4.42 Å². The van der Waals surface area contributed by atoms with Crippen molar-refractivity contribution in [2.24, 2.45) is 0 Å². The normalized spacial score (nSPS) is 12.7. The van der Waals surface area contributed by atoms with Crippen LogP contribution in [0, 0.1) is 6.92 Å². The van der Waals surface area contributed by atoms with Gasteiger partial charge in [0.1, 0.15) is 11.3 Å². The van der Waals surface area contributed by atoms with Crippen LogP contribution in [0.3, 0.4) is 0 Å². The van der Waals surface area contributed by atoms with Crippen LogP contribution in [-0.2, 0) is 0 Å². The predicted molar refractivity (Wildman–Crippen MR) is 76.8 cm³/mol. The first-order valence-electron chi connectivity index (χ1n) is 6.48. The molecule has 0 amide bonds. The molecule has 1 N–H and O–H groups in total. The van der Waals surface area contributed by atoms with E-state index in [1.165, 1.54) is 16.5 Å². The van der Waals surface area contributed by atoms with Crippen molar-refractivity contribution in [3.05, 3.63) is 47.2 Å². The molecule has 2 rings (SSSR count). The van der Waals surface area contributed by atoms with Gasteiger partial charge in [-0.25, -0.2) is 0 Å². The van der Waals surface area contributed by atoms with Gasteiger partial charge in [0.05, 0.1) is 6.04 Å². The van der Waals surface area contributed by atoms with E-state index in [0.717, 1.165) is 17.9 Å². The largest absolute Gasteiger partial charge is 0.459 e. The van der Waals surface area contributed by atoms with E-state index in [1.807, 2.05) is 6.07 Å². The van der Waals surface area contributed by atoms with Crippen molar-refractivity contribution in [2.45, 2.75) is 33.7 Å². The molecule has 1 aromatic carbocycles. The van der Waals surface area contributed by atoms with Gasteiger partial charge in [-0.05, 0) is 45.5 Å². The topological polar surface area (TPSA) is 25.2 Å². The van der Waals surface area contributed by atoms with E-state index < -0.39 is 0 Å². The van der Waals surface area contributed by atoms with Gasteiger partial charge in [0.25, 0.3) is 0 Å². The number of fused-ring (bicyclic) bond motifs is 1. The molecule has 0 bridgehead atoms. The number of likely N-dealkylation sites (N-methyl/N-ethyl adjacent to an activating group) is 1. The van der Waals surface area contributed by atoms with Gasteiger partial charge >= 0.3 is 0 Å². The standard InChI is InChI=1S/C16H21NO/c1-5-17-14(8-11(2)3)16-10-13-9-12(4)6-7-15(13)18-16/h6-10,14,17H,5H2,1-4H3. The van der Waals surface area contributed by atoms with Gasteiger partial charge in [-0.1, -0.05) is 30.2 Å². The Morgan fingerprint density at radius 3 is 2.78 bits per heavy atom. The van der Waals surface area contributed by atoms with Crippen molar-refractivity contribution >= 4 is 11.0 Å². The Bertz CT molecular complexity index is 561. The number of hydrogen-bond acceptors (Lipinski definition) is 2. The SMILES string of the molecule is CCNC(C=C(C)C)c1cc2cc(C)ccc2o1. The summed E-state index contributed by atoms with van der Waals surface area (Å²) in [6, 6.07) is 8.58. The zero-order chi connectivity index (χ0) is 13.1. The Hall–Kier alpha value is -1.54. The number of rotatable bonds is 4. The predicted octanol–water partition coefficient (Wildman–Crippen LogP) is 4.36. The van der Waals surface area contributed by atoms with E-state index in [0.29, 0.717) is 0 Å². The fraction of sp³-hybridized carbons (Fsp3) is 0.375. The van der Waals surface area contributed by atoms with Gasteiger partial charge in [-0.3, -0.25) is 0 Å². The van der Waals surface area contributed by atoms with Gasteiger partial charge in [-0.2, -0.15) is 0 Å². The summed E-state index contributed by atoms with van der Waals surface area (Å²) in [5.41, 5.74) is 3.51. The van der Waals surface area contributed by atoms with Crippen LogP contribution in [0.15, 0.2) is 40.3 Å². The van der Waals surface area contributed by atoms with Crippen LogP contribution in [0.2, 0.25) is 0 Å². The molecule has 1 unspecified atom stereocenters. The summed E-state index contributed by atoms with van der Waals surface area (Å²) < 4.78 is 5.93. The summed E-state index contributed by atoms with van der Waals surface area (Å²) in [6.45, 7) is 9.35. The highest BCUT2D eigenvalue weighted by molar-refractivity contribution is 5.78. The highest BCUT2D eigenvalue weighted by Gasteiger charge is 2.12. The van der Waals surface area contributed by atoms with E-state index in [-0.39, 0.29) is 6.04 Å². The summed E-state index contributed by atoms with van der Waals surface area (Å²) in [6.07, 6.45) is 2.20. The van der Waals surface area contributed by atoms with Crippen LogP contribution < -0.4 is 5.32 Å². The molecule has 96 valence electrons. The number of nitrogens with one attached hydrogen (secondary N) is 1. The molecule has 2 aromatic rings. The molecule has 2 heteroatoms. The molecule has 0 spiro atoms. The van der Waals surface area contributed by atoms with Crippen molar-refractivity contribution in [1.82, 2.24) is 5.32 Å². The van der Waals surface area contributed by atoms with Crippen LogP contribution in [0.4, 0.5) is 0 Å². The minimum absolute atomic E-state index is 0.160. The maximum absolute atomic E-state index is 5.93. The fourth-order valence-electron chi connectivity index (χ4n) is 2.13. The Morgan fingerprint density at radius 1 is 1.33 bits per heavy atom. The monoisotopic (exact) mass is 243 g/mol. The maximum atomic E-state index is 5.93. The summed E-state index contributed by atoms with van der Waals surface area (Å²) in [5.74, 6) is 0.985. The van der Waals surface area contributed by atoms with E-state index in [2.05, 4.69) is 57.3 Å². The van der Waals surface area contributed by atoms with Crippen LogP contribution in [0.1, 0.15) is 38.1 Å². The highest BCUT2D eigenvalue weighted by atomic mass is 16.3. The lowest BCUT2D eigenvalue weighted by Crippen LogP contribution is -2.18. The molecule has 0 saturated heterocycles. The lowest BCUT2D eigenvalue weighted by molar-refractivity contribution is 0.483. The lowest BCUT2D eigenvalue weighted by atomic mass is 10.1. The third-order valence-electron chi connectivity index (χ3n) is 2.92. The quantitative estimate of drug-likeness (QED) is 0.807. The third-order valence-corrected chi connectivity index (χ3v) is 2.92. The molecule has 18 heavy (non-hydrogen) atoms. The molecule has 0 aliphatic carbocycles. The molecular formula is C16H21NO. The molecule has 1 atom stereocenters. The lowest BCUT2D eigenvalue weighted by Gasteiger charge is -2.11. The molecule has 2 nitrogen and oxygen atoms in total. The average molecular weight is 243 g/mol. The maximum Gasteiger partial charge on any atom is 0.134 e. The number of allylic oxidation sites excluding steroid dienone is 1. The van der Waals surface area contributed by atoms with E-state index >= 15 is 0 Å². The zero-order valence-corrected chi connectivity index (χ0v) is 11.6. The molecule has 0 aliphatic rings. The van der Waals surface area contributed by atoms with Crippen LogP contribution in [-0.4, -0.2) is 6.54 Å². The summed E-state index contributed by atoms with van der Waals surface area (Å²) in [7, 11) is 0. The fourth-order valence-corrected chi connectivity index (χ4v) is 2.13. The second-order valence-electron chi connectivity index (χ2n) is 4.97. The van der Waals surface area contributed by atoms with Gasteiger partial charge in [0, 0.05) is 5.39 Å². The number of aryl methyl sites for hydroxylation is 1. The zero-order valence-electron chi connectivity index (χ0n) is 11.6. The number of furan rings is 1. The first-order chi connectivity index (χ1) is 8.60. The summed E-state index contributed by atoms with van der Waals surface area (Å²) in [5, 5.41) is 4.61. The number of hydrogen-bond donors (Lipinski definition) is 1. The van der Waals surface area contributed by atoms with E-state index in [1.54, 1.807) is 0 Å². The van der Waals surface area contributed by atoms with E-state index in [9.17, 15) is 0 Å². The first-order valence-corrected chi connectivity index (χ1v) is 6.48. The Labute approximate surface area is 109 Å². The van der Waals surface area contributed by atoms with Gasteiger partial charge in [-0.15, -0.1) is 0 Å². The molecule has 0 fully saturated rings. The smallest absolute Gasteiger partial charge is 0.134 e. The van der Waals surface area contributed by atoms with Gasteiger partial charge in [0.15, 0.2) is 0 Å². The van der Waals surface area contributed by atoms with Crippen LogP contribution >= 0.6 is 0 Å². The molecule has 0 aliphatic heterocycles. The second-order valence-corrected chi connectivity index (χ2v) is 4.97. The molecule has 0 radical (unpaired) electrons. The summed E-state index contributed by atoms with van der Waals surface area (Å²) in [4.78, 5) is 0. The average Bonchev–Trinajstić information content (AvgIpc) is 2.70. The van der Waals surface area contributed by atoms with Crippen molar-refractivity contribution < 1.29 is 4.42 Å². The molecule has 1 aromatic heterocycles. The molecule has 0 saturated carbocycles.